The number of nitrogens with one attached hydrogen (secondary N) is 1. The summed E-state index contributed by atoms with van der Waals surface area (Å²) in [4.78, 5) is 38.9. The van der Waals surface area contributed by atoms with Crippen LogP contribution in [0.2, 0.25) is 0 Å². The molecule has 1 saturated heterocycles. The molecule has 4 rings (SSSR count). The summed E-state index contributed by atoms with van der Waals surface area (Å²) in [7, 11) is 1.76. The summed E-state index contributed by atoms with van der Waals surface area (Å²) in [5.41, 5.74) is 2.65. The molecule has 1 aliphatic carbocycles. The Balaban J connectivity index is 1.60. The van der Waals surface area contributed by atoms with Crippen molar-refractivity contribution in [1.82, 2.24) is 14.8 Å². The quantitative estimate of drug-likeness (QED) is 0.678. The van der Waals surface area contributed by atoms with Crippen LogP contribution >= 0.6 is 0 Å². The minimum Gasteiger partial charge on any atom is -0.348 e. The first kappa shape index (κ1) is 16.6. The zero-order valence-corrected chi connectivity index (χ0v) is 14.9. The van der Waals surface area contributed by atoms with Gasteiger partial charge in [-0.25, -0.2) is 4.79 Å². The largest absolute Gasteiger partial charge is 0.348 e. The molecule has 0 bridgehead atoms. The van der Waals surface area contributed by atoms with Crippen molar-refractivity contribution in [2.24, 2.45) is 7.05 Å². The van der Waals surface area contributed by atoms with Crippen molar-refractivity contribution in [3.63, 3.8) is 0 Å². The van der Waals surface area contributed by atoms with Gasteiger partial charge in [0.25, 0.3) is 5.91 Å². The number of carbonyl (C=O) groups is 3. The molecule has 2 heterocycles. The first-order valence-corrected chi connectivity index (χ1v) is 8.81. The van der Waals surface area contributed by atoms with Crippen molar-refractivity contribution in [2.45, 2.75) is 31.7 Å². The maximum Gasteiger partial charge on any atom is 0.325 e. The molecular weight excluding hydrogens is 330 g/mol. The summed E-state index contributed by atoms with van der Waals surface area (Å²) in [6.07, 6.45) is 4.93. The highest BCUT2D eigenvalue weighted by atomic mass is 16.2. The van der Waals surface area contributed by atoms with Crippen LogP contribution in [0, 0.1) is 0 Å². The molecule has 6 heteroatoms. The topological polar surface area (TPSA) is 71.4 Å². The molecule has 0 saturated carbocycles. The molecule has 2 aromatic rings. The van der Waals surface area contributed by atoms with Crippen molar-refractivity contribution in [2.75, 3.05) is 6.54 Å². The molecule has 1 aliphatic heterocycles. The van der Waals surface area contributed by atoms with Crippen LogP contribution in [0.4, 0.5) is 4.79 Å². The van der Waals surface area contributed by atoms with Crippen molar-refractivity contribution in [3.05, 3.63) is 58.9 Å². The number of urea groups is 1. The van der Waals surface area contributed by atoms with E-state index in [-0.39, 0.29) is 18.2 Å². The SMILES string of the molecule is Cn1cccc1C(=O)CN1C(=O)NC(C)(c2ccc3c(c2)CCC3)C1=O. The molecule has 0 spiro atoms. The summed E-state index contributed by atoms with van der Waals surface area (Å²) in [6.45, 7) is 1.44. The Morgan fingerprint density at radius 3 is 2.69 bits per heavy atom. The Morgan fingerprint density at radius 1 is 1.19 bits per heavy atom. The van der Waals surface area contributed by atoms with Gasteiger partial charge < -0.3 is 9.88 Å². The number of fused-ring (bicyclic) bond motifs is 1. The number of rotatable bonds is 4. The highest BCUT2D eigenvalue weighted by molar-refractivity contribution is 6.11. The number of imide groups is 1. The van der Waals surface area contributed by atoms with Crippen LogP contribution < -0.4 is 5.32 Å². The van der Waals surface area contributed by atoms with E-state index in [0.717, 1.165) is 29.7 Å². The molecule has 1 aromatic carbocycles. The van der Waals surface area contributed by atoms with Gasteiger partial charge in [0.1, 0.15) is 5.54 Å². The smallest absolute Gasteiger partial charge is 0.325 e. The van der Waals surface area contributed by atoms with Gasteiger partial charge in [-0.3, -0.25) is 14.5 Å². The molecule has 1 unspecified atom stereocenters. The van der Waals surface area contributed by atoms with E-state index in [2.05, 4.69) is 5.32 Å². The maximum absolute atomic E-state index is 13.0. The van der Waals surface area contributed by atoms with Gasteiger partial charge in [-0.1, -0.05) is 18.2 Å². The monoisotopic (exact) mass is 351 g/mol. The molecule has 1 fully saturated rings. The van der Waals surface area contributed by atoms with E-state index in [1.54, 1.807) is 36.9 Å². The molecule has 3 amide bonds. The van der Waals surface area contributed by atoms with Gasteiger partial charge in [-0.2, -0.15) is 0 Å². The fourth-order valence-electron chi connectivity index (χ4n) is 3.89. The third kappa shape index (κ3) is 2.44. The lowest BCUT2D eigenvalue weighted by molar-refractivity contribution is -0.130. The number of Topliss-reactive ketones (excluding diaryl/α,β-unsaturated/α-hetero) is 1. The number of nitrogens with zero attached hydrogens (tertiary/aromatic N) is 2. The van der Waals surface area contributed by atoms with Gasteiger partial charge in [-0.15, -0.1) is 0 Å². The van der Waals surface area contributed by atoms with Crippen molar-refractivity contribution in [3.8, 4) is 0 Å². The number of aromatic nitrogens is 1. The van der Waals surface area contributed by atoms with E-state index in [9.17, 15) is 14.4 Å². The van der Waals surface area contributed by atoms with E-state index in [1.807, 2.05) is 18.2 Å². The number of ketones is 1. The van der Waals surface area contributed by atoms with Crippen molar-refractivity contribution >= 4 is 17.7 Å². The second-order valence-corrected chi connectivity index (χ2v) is 7.21. The molecule has 1 N–H and O–H groups in total. The average molecular weight is 351 g/mol. The second-order valence-electron chi connectivity index (χ2n) is 7.21. The second kappa shape index (κ2) is 5.83. The maximum atomic E-state index is 13.0. The Hall–Kier alpha value is -2.89. The normalized spacial score (nSPS) is 21.8. The van der Waals surface area contributed by atoms with Crippen LogP contribution in [0.3, 0.4) is 0 Å². The summed E-state index contributed by atoms with van der Waals surface area (Å²) in [6, 6.07) is 8.88. The minimum absolute atomic E-state index is 0.261. The van der Waals surface area contributed by atoms with Gasteiger partial charge in [0.2, 0.25) is 0 Å². The number of carbonyl (C=O) groups excluding carboxylic acids is 3. The first-order chi connectivity index (χ1) is 12.4. The molecule has 134 valence electrons. The lowest BCUT2D eigenvalue weighted by Gasteiger charge is -2.23. The van der Waals surface area contributed by atoms with Gasteiger partial charge in [0, 0.05) is 13.2 Å². The fourth-order valence-corrected chi connectivity index (χ4v) is 3.89. The van der Waals surface area contributed by atoms with Gasteiger partial charge in [-0.05, 0) is 55.0 Å². The highest BCUT2D eigenvalue weighted by Crippen LogP contribution is 2.32. The highest BCUT2D eigenvalue weighted by Gasteiger charge is 2.49. The Labute approximate surface area is 151 Å². The van der Waals surface area contributed by atoms with E-state index < -0.39 is 11.6 Å². The lowest BCUT2D eigenvalue weighted by Crippen LogP contribution is -2.41. The fraction of sp³-hybridized carbons (Fsp3) is 0.350. The molecule has 2 aliphatic rings. The van der Waals surface area contributed by atoms with E-state index in [4.69, 9.17) is 0 Å². The van der Waals surface area contributed by atoms with Gasteiger partial charge in [0.15, 0.2) is 5.78 Å². The van der Waals surface area contributed by atoms with Crippen LogP contribution in [0.1, 0.15) is 40.5 Å². The summed E-state index contributed by atoms with van der Waals surface area (Å²) in [5.74, 6) is -0.651. The number of aryl methyl sites for hydroxylation is 3. The van der Waals surface area contributed by atoms with Gasteiger partial charge in [0.05, 0.1) is 12.2 Å². The molecule has 1 aromatic heterocycles. The van der Waals surface area contributed by atoms with Crippen molar-refractivity contribution < 1.29 is 14.4 Å². The van der Waals surface area contributed by atoms with Gasteiger partial charge >= 0.3 is 6.03 Å². The third-order valence-corrected chi connectivity index (χ3v) is 5.48. The standard InChI is InChI=1S/C20H21N3O3/c1-20(15-9-8-13-5-3-6-14(13)11-15)18(25)23(19(26)21-20)12-17(24)16-7-4-10-22(16)2/h4,7-11H,3,5-6,12H2,1-2H3,(H,21,26). The number of hydrogen-bond donors (Lipinski definition) is 1. The third-order valence-electron chi connectivity index (χ3n) is 5.48. The van der Waals surface area contributed by atoms with Crippen LogP contribution in [-0.2, 0) is 30.2 Å². The summed E-state index contributed by atoms with van der Waals surface area (Å²) >= 11 is 0. The van der Waals surface area contributed by atoms with Crippen LogP contribution in [0.15, 0.2) is 36.5 Å². The van der Waals surface area contributed by atoms with E-state index >= 15 is 0 Å². The molecule has 1 atom stereocenters. The van der Waals surface area contributed by atoms with E-state index in [1.165, 1.54) is 11.1 Å². The van der Waals surface area contributed by atoms with Crippen LogP contribution in [0.5, 0.6) is 0 Å². The Kier molecular flexibility index (Phi) is 3.72. The number of hydrogen-bond acceptors (Lipinski definition) is 3. The molecular formula is C20H21N3O3. The predicted octanol–water partition coefficient (Wildman–Crippen LogP) is 2.16. The summed E-state index contributed by atoms with van der Waals surface area (Å²) < 4.78 is 1.68. The average Bonchev–Trinajstić information content (AvgIpc) is 3.30. The number of amides is 3. The lowest BCUT2D eigenvalue weighted by atomic mass is 9.89. The van der Waals surface area contributed by atoms with E-state index in [0.29, 0.717) is 5.69 Å². The van der Waals surface area contributed by atoms with Crippen LogP contribution in [-0.4, -0.2) is 33.7 Å². The minimum atomic E-state index is -1.14. The molecule has 6 nitrogen and oxygen atoms in total. The Morgan fingerprint density at radius 2 is 1.96 bits per heavy atom. The van der Waals surface area contributed by atoms with Crippen molar-refractivity contribution in [1.29, 1.82) is 0 Å². The molecule has 26 heavy (non-hydrogen) atoms. The Bertz CT molecular complexity index is 930. The zero-order valence-electron chi connectivity index (χ0n) is 14.9. The predicted molar refractivity (Wildman–Crippen MR) is 95.8 cm³/mol. The van der Waals surface area contributed by atoms with Crippen LogP contribution in [0.25, 0.3) is 0 Å². The molecule has 0 radical (unpaired) electrons. The number of benzene rings is 1. The zero-order chi connectivity index (χ0) is 18.5. The first-order valence-electron chi connectivity index (χ1n) is 8.81. The summed E-state index contributed by atoms with van der Waals surface area (Å²) in [5, 5.41) is 2.78.